The van der Waals surface area contributed by atoms with Crippen LogP contribution in [0.1, 0.15) is 12.8 Å². The largest absolute Gasteiger partial charge is 0.383 e. The second kappa shape index (κ2) is 6.04. The first-order valence-electron chi connectivity index (χ1n) is 5.52. The number of nitrogens with one attached hydrogen (secondary N) is 1. The molecule has 5 heteroatoms. The smallest absolute Gasteiger partial charge is 0.0666 e. The minimum Gasteiger partial charge on any atom is -0.383 e. The van der Waals surface area contributed by atoms with Crippen LogP contribution >= 0.6 is 47.8 Å². The number of hydrogen-bond acceptors (Lipinski definition) is 2. The fourth-order valence-corrected chi connectivity index (χ4v) is 4.33. The molecule has 1 saturated carbocycles. The molecule has 1 unspecified atom stereocenters. The van der Waals surface area contributed by atoms with E-state index in [4.69, 9.17) is 4.74 Å². The maximum atomic E-state index is 5.28. The Balaban J connectivity index is 2.16. The van der Waals surface area contributed by atoms with E-state index in [1.807, 2.05) is 12.1 Å². The molecule has 0 aliphatic heterocycles. The van der Waals surface area contributed by atoms with Gasteiger partial charge in [-0.1, -0.05) is 15.9 Å². The summed E-state index contributed by atoms with van der Waals surface area (Å²) in [4.78, 5) is 0. The maximum absolute atomic E-state index is 5.28. The normalized spacial score (nSPS) is 16.9. The van der Waals surface area contributed by atoms with Crippen LogP contribution in [-0.2, 0) is 4.74 Å². The first kappa shape index (κ1) is 13.8. The average molecular weight is 428 g/mol. The fraction of sp³-hybridized carbons (Fsp3) is 0.500. The van der Waals surface area contributed by atoms with Gasteiger partial charge in [-0.25, -0.2) is 0 Å². The first-order chi connectivity index (χ1) is 8.11. The molecular formula is C12H14Br3NO. The summed E-state index contributed by atoms with van der Waals surface area (Å²) in [6, 6.07) is 4.49. The van der Waals surface area contributed by atoms with Gasteiger partial charge in [0.15, 0.2) is 0 Å². The number of rotatable bonds is 5. The van der Waals surface area contributed by atoms with Gasteiger partial charge in [-0.3, -0.25) is 0 Å². The Morgan fingerprint density at radius 3 is 2.35 bits per heavy atom. The Morgan fingerprint density at radius 1 is 1.29 bits per heavy atom. The van der Waals surface area contributed by atoms with E-state index >= 15 is 0 Å². The molecule has 1 N–H and O–H groups in total. The minimum absolute atomic E-state index is 0.397. The molecule has 0 heterocycles. The van der Waals surface area contributed by atoms with Crippen molar-refractivity contribution in [3.63, 3.8) is 0 Å². The van der Waals surface area contributed by atoms with E-state index < -0.39 is 0 Å². The standard InChI is InChI=1S/C12H14Br3NO/c1-17-6-11(7-2-3-7)16-12-9(14)4-8(13)5-10(12)15/h4-5,7,11,16H,2-3,6H2,1H3. The highest BCUT2D eigenvalue weighted by molar-refractivity contribution is 9.11. The van der Waals surface area contributed by atoms with Gasteiger partial charge in [-0.05, 0) is 62.8 Å². The zero-order valence-corrected chi connectivity index (χ0v) is 14.2. The summed E-state index contributed by atoms with van der Waals surface area (Å²) in [5.41, 5.74) is 1.10. The molecule has 1 aromatic carbocycles. The van der Waals surface area contributed by atoms with Crippen molar-refractivity contribution in [3.8, 4) is 0 Å². The van der Waals surface area contributed by atoms with Crippen molar-refractivity contribution in [2.45, 2.75) is 18.9 Å². The van der Waals surface area contributed by atoms with Crippen LogP contribution in [-0.4, -0.2) is 19.8 Å². The molecule has 0 radical (unpaired) electrons. The molecule has 0 saturated heterocycles. The van der Waals surface area contributed by atoms with Crippen LogP contribution in [0.5, 0.6) is 0 Å². The third-order valence-electron chi connectivity index (χ3n) is 2.87. The summed E-state index contributed by atoms with van der Waals surface area (Å²) >= 11 is 10.6. The van der Waals surface area contributed by atoms with Crippen molar-refractivity contribution >= 4 is 53.5 Å². The van der Waals surface area contributed by atoms with E-state index in [0.29, 0.717) is 6.04 Å². The molecule has 2 rings (SSSR count). The highest BCUT2D eigenvalue weighted by Gasteiger charge is 2.31. The fourth-order valence-electron chi connectivity index (χ4n) is 1.84. The Labute approximate surface area is 127 Å². The van der Waals surface area contributed by atoms with E-state index in [1.54, 1.807) is 7.11 Å². The first-order valence-corrected chi connectivity index (χ1v) is 7.89. The Kier molecular flexibility index (Phi) is 4.92. The number of halogens is 3. The van der Waals surface area contributed by atoms with E-state index in [2.05, 4.69) is 53.1 Å². The number of benzene rings is 1. The lowest BCUT2D eigenvalue weighted by atomic mass is 10.2. The molecule has 17 heavy (non-hydrogen) atoms. The Bertz CT molecular complexity index is 384. The summed E-state index contributed by atoms with van der Waals surface area (Å²) in [5, 5.41) is 3.57. The Morgan fingerprint density at radius 2 is 1.88 bits per heavy atom. The van der Waals surface area contributed by atoms with Crippen LogP contribution in [0.25, 0.3) is 0 Å². The van der Waals surface area contributed by atoms with Gasteiger partial charge in [0, 0.05) is 20.5 Å². The van der Waals surface area contributed by atoms with E-state index in [0.717, 1.165) is 31.6 Å². The highest BCUT2D eigenvalue weighted by atomic mass is 79.9. The van der Waals surface area contributed by atoms with Crippen molar-refractivity contribution in [2.75, 3.05) is 19.0 Å². The minimum atomic E-state index is 0.397. The van der Waals surface area contributed by atoms with Gasteiger partial charge in [0.05, 0.1) is 18.3 Å². The van der Waals surface area contributed by atoms with Crippen LogP contribution in [0.15, 0.2) is 25.6 Å². The van der Waals surface area contributed by atoms with Crippen molar-refractivity contribution < 1.29 is 4.74 Å². The molecule has 1 aliphatic carbocycles. The van der Waals surface area contributed by atoms with Gasteiger partial charge in [0.1, 0.15) is 0 Å². The zero-order chi connectivity index (χ0) is 12.4. The van der Waals surface area contributed by atoms with Gasteiger partial charge >= 0.3 is 0 Å². The van der Waals surface area contributed by atoms with Crippen molar-refractivity contribution in [1.82, 2.24) is 0 Å². The third-order valence-corrected chi connectivity index (χ3v) is 4.58. The van der Waals surface area contributed by atoms with Crippen LogP contribution < -0.4 is 5.32 Å². The number of hydrogen-bond donors (Lipinski definition) is 1. The molecular weight excluding hydrogens is 414 g/mol. The van der Waals surface area contributed by atoms with Gasteiger partial charge in [0.2, 0.25) is 0 Å². The van der Waals surface area contributed by atoms with E-state index in [9.17, 15) is 0 Å². The van der Waals surface area contributed by atoms with Gasteiger partial charge in [-0.15, -0.1) is 0 Å². The lowest BCUT2D eigenvalue weighted by Crippen LogP contribution is -2.27. The molecule has 0 amide bonds. The van der Waals surface area contributed by atoms with Crippen molar-refractivity contribution in [2.24, 2.45) is 5.92 Å². The molecule has 2 nitrogen and oxygen atoms in total. The number of methoxy groups -OCH3 is 1. The Hall–Kier alpha value is 0.420. The van der Waals surface area contributed by atoms with Crippen LogP contribution in [0.3, 0.4) is 0 Å². The zero-order valence-electron chi connectivity index (χ0n) is 9.47. The number of ether oxygens (including phenoxy) is 1. The van der Waals surface area contributed by atoms with Gasteiger partial charge in [0.25, 0.3) is 0 Å². The summed E-state index contributed by atoms with van der Waals surface area (Å²) in [5.74, 6) is 0.748. The molecule has 0 spiro atoms. The molecule has 1 aliphatic rings. The lowest BCUT2D eigenvalue weighted by Gasteiger charge is -2.21. The second-order valence-electron chi connectivity index (χ2n) is 4.29. The SMILES string of the molecule is COCC(Nc1c(Br)cc(Br)cc1Br)C1CC1. The molecule has 0 aromatic heterocycles. The summed E-state index contributed by atoms with van der Waals surface area (Å²) in [6.45, 7) is 0.750. The monoisotopic (exact) mass is 425 g/mol. The second-order valence-corrected chi connectivity index (χ2v) is 6.91. The topological polar surface area (TPSA) is 21.3 Å². The lowest BCUT2D eigenvalue weighted by molar-refractivity contribution is 0.179. The van der Waals surface area contributed by atoms with Gasteiger partial charge < -0.3 is 10.1 Å². The molecule has 1 fully saturated rings. The molecule has 1 atom stereocenters. The average Bonchev–Trinajstić information content (AvgIpc) is 3.05. The molecule has 0 bridgehead atoms. The van der Waals surface area contributed by atoms with E-state index in [-0.39, 0.29) is 0 Å². The quantitative estimate of drug-likeness (QED) is 0.728. The number of anilines is 1. The maximum Gasteiger partial charge on any atom is 0.0666 e. The third kappa shape index (κ3) is 3.69. The van der Waals surface area contributed by atoms with Gasteiger partial charge in [-0.2, -0.15) is 0 Å². The summed E-state index contributed by atoms with van der Waals surface area (Å²) in [7, 11) is 1.75. The van der Waals surface area contributed by atoms with Crippen molar-refractivity contribution in [3.05, 3.63) is 25.6 Å². The van der Waals surface area contributed by atoms with Crippen LogP contribution in [0.4, 0.5) is 5.69 Å². The highest BCUT2D eigenvalue weighted by Crippen LogP contribution is 2.39. The van der Waals surface area contributed by atoms with E-state index in [1.165, 1.54) is 12.8 Å². The predicted molar refractivity (Wildman–Crippen MR) is 81.6 cm³/mol. The molecule has 94 valence electrons. The van der Waals surface area contributed by atoms with Crippen LogP contribution in [0.2, 0.25) is 0 Å². The van der Waals surface area contributed by atoms with Crippen molar-refractivity contribution in [1.29, 1.82) is 0 Å². The summed E-state index contributed by atoms with van der Waals surface area (Å²) < 4.78 is 8.44. The van der Waals surface area contributed by atoms with Crippen LogP contribution in [0, 0.1) is 5.92 Å². The summed E-state index contributed by atoms with van der Waals surface area (Å²) in [6.07, 6.45) is 2.60. The predicted octanol–water partition coefficient (Wildman–Crippen LogP) is 4.81. The molecule has 1 aromatic rings.